The van der Waals surface area contributed by atoms with Crippen molar-refractivity contribution < 1.29 is 14.6 Å². The molecule has 0 aliphatic carbocycles. The first kappa shape index (κ1) is 18.8. The number of carbonyl (C=O) groups is 1. The van der Waals surface area contributed by atoms with Crippen LogP contribution in [0.25, 0.3) is 0 Å². The number of amides is 1. The monoisotopic (exact) mass is 371 g/mol. The summed E-state index contributed by atoms with van der Waals surface area (Å²) < 4.78 is 5.11. The van der Waals surface area contributed by atoms with E-state index in [-0.39, 0.29) is 23.0 Å². The van der Waals surface area contributed by atoms with Crippen LogP contribution >= 0.6 is 0 Å². The minimum absolute atomic E-state index is 0.138. The first-order valence-corrected chi connectivity index (χ1v) is 8.73. The summed E-state index contributed by atoms with van der Waals surface area (Å²) >= 11 is 0. The molecular weight excluding hydrogens is 346 g/mol. The first-order valence-electron chi connectivity index (χ1n) is 8.73. The third kappa shape index (κ3) is 3.47. The number of aromatic nitrogens is 2. The molecule has 1 N–H and O–H groups in total. The van der Waals surface area contributed by atoms with Gasteiger partial charge in [-0.2, -0.15) is 4.98 Å². The Morgan fingerprint density at radius 3 is 2.56 bits per heavy atom. The number of rotatable bonds is 4. The second-order valence-corrected chi connectivity index (χ2v) is 6.89. The summed E-state index contributed by atoms with van der Waals surface area (Å²) in [4.78, 5) is 27.8. The summed E-state index contributed by atoms with van der Waals surface area (Å²) in [5.74, 6) is 1.39. The Morgan fingerprint density at radius 2 is 1.93 bits per heavy atom. The average molecular weight is 371 g/mol. The smallest absolute Gasteiger partial charge is 0.258 e. The molecule has 1 amide bonds. The van der Waals surface area contributed by atoms with Crippen LogP contribution in [-0.4, -0.2) is 67.7 Å². The van der Waals surface area contributed by atoms with Crippen molar-refractivity contribution in [3.05, 3.63) is 35.0 Å². The van der Waals surface area contributed by atoms with E-state index >= 15 is 0 Å². The van der Waals surface area contributed by atoms with Crippen LogP contribution in [0.15, 0.2) is 18.2 Å². The van der Waals surface area contributed by atoms with E-state index in [1.807, 2.05) is 38.0 Å². The number of phenolic OH excluding ortho intramolecular Hbond substituents is 1. The molecule has 8 heteroatoms. The van der Waals surface area contributed by atoms with Gasteiger partial charge in [0.05, 0.1) is 24.9 Å². The second-order valence-electron chi connectivity index (χ2n) is 6.89. The molecule has 1 aliphatic heterocycles. The zero-order valence-corrected chi connectivity index (χ0v) is 16.4. The van der Waals surface area contributed by atoms with Gasteiger partial charge in [0, 0.05) is 40.3 Å². The van der Waals surface area contributed by atoms with Crippen molar-refractivity contribution >= 4 is 17.7 Å². The number of hydrogen-bond acceptors (Lipinski definition) is 7. The highest BCUT2D eigenvalue weighted by Crippen LogP contribution is 2.32. The van der Waals surface area contributed by atoms with E-state index in [4.69, 9.17) is 4.74 Å². The molecule has 1 aromatic carbocycles. The molecule has 2 heterocycles. The van der Waals surface area contributed by atoms with Gasteiger partial charge < -0.3 is 24.5 Å². The van der Waals surface area contributed by atoms with Crippen molar-refractivity contribution in [2.24, 2.45) is 0 Å². The SMILES string of the molecule is COc1cccc(C(=O)N2CCc3c(nc(N(C)C)nc3N(C)C)C2)c1O. The van der Waals surface area contributed by atoms with Crippen LogP contribution in [-0.2, 0) is 13.0 Å². The van der Waals surface area contributed by atoms with Gasteiger partial charge in [-0.15, -0.1) is 0 Å². The molecule has 2 aromatic rings. The Labute approximate surface area is 159 Å². The molecule has 8 nitrogen and oxygen atoms in total. The third-order valence-corrected chi connectivity index (χ3v) is 4.59. The van der Waals surface area contributed by atoms with Crippen LogP contribution in [0.5, 0.6) is 11.5 Å². The zero-order chi connectivity index (χ0) is 19.7. The van der Waals surface area contributed by atoms with Crippen LogP contribution < -0.4 is 14.5 Å². The molecule has 144 valence electrons. The number of fused-ring (bicyclic) bond motifs is 1. The molecule has 1 aliphatic rings. The van der Waals surface area contributed by atoms with Crippen molar-refractivity contribution in [2.75, 3.05) is 51.6 Å². The Morgan fingerprint density at radius 1 is 1.19 bits per heavy atom. The fraction of sp³-hybridized carbons (Fsp3) is 0.421. The predicted molar refractivity (Wildman–Crippen MR) is 104 cm³/mol. The van der Waals surface area contributed by atoms with E-state index in [0.717, 1.165) is 17.1 Å². The molecule has 0 saturated carbocycles. The molecule has 0 unspecified atom stereocenters. The predicted octanol–water partition coefficient (Wildman–Crippen LogP) is 1.52. The van der Waals surface area contributed by atoms with E-state index in [1.165, 1.54) is 7.11 Å². The number of nitrogens with zero attached hydrogens (tertiary/aromatic N) is 5. The quantitative estimate of drug-likeness (QED) is 0.872. The topological polar surface area (TPSA) is 82.0 Å². The van der Waals surface area contributed by atoms with Crippen molar-refractivity contribution in [2.45, 2.75) is 13.0 Å². The standard InChI is InChI=1S/C19H25N5O3/c1-22(2)17-12-9-10-24(11-14(12)20-19(21-17)23(3)4)18(26)13-7-6-8-15(27-5)16(13)25/h6-8,25H,9-11H2,1-5H3. The number of anilines is 2. The Kier molecular flexibility index (Phi) is 5.07. The van der Waals surface area contributed by atoms with Gasteiger partial charge in [-0.05, 0) is 18.6 Å². The van der Waals surface area contributed by atoms with E-state index in [2.05, 4.69) is 9.97 Å². The van der Waals surface area contributed by atoms with Gasteiger partial charge in [-0.25, -0.2) is 4.98 Å². The second kappa shape index (κ2) is 7.30. The summed E-state index contributed by atoms with van der Waals surface area (Å²) in [6.45, 7) is 0.906. The molecule has 0 spiro atoms. The van der Waals surface area contributed by atoms with Crippen LogP contribution in [0, 0.1) is 0 Å². The van der Waals surface area contributed by atoms with Gasteiger partial charge in [0.25, 0.3) is 5.91 Å². The van der Waals surface area contributed by atoms with Crippen LogP contribution in [0.1, 0.15) is 21.6 Å². The average Bonchev–Trinajstić information content (AvgIpc) is 2.66. The fourth-order valence-electron chi connectivity index (χ4n) is 3.17. The van der Waals surface area contributed by atoms with E-state index in [0.29, 0.717) is 25.5 Å². The maximum absolute atomic E-state index is 13.0. The normalized spacial score (nSPS) is 13.1. The number of hydrogen-bond donors (Lipinski definition) is 1. The molecule has 0 atom stereocenters. The van der Waals surface area contributed by atoms with Crippen molar-refractivity contribution in [1.82, 2.24) is 14.9 Å². The molecule has 0 radical (unpaired) electrons. The highest BCUT2D eigenvalue weighted by molar-refractivity contribution is 5.97. The largest absolute Gasteiger partial charge is 0.504 e. The summed E-state index contributed by atoms with van der Waals surface area (Å²) in [7, 11) is 9.15. The van der Waals surface area contributed by atoms with Crippen LogP contribution in [0.3, 0.4) is 0 Å². The van der Waals surface area contributed by atoms with Gasteiger partial charge in [0.1, 0.15) is 5.82 Å². The van der Waals surface area contributed by atoms with Gasteiger partial charge in [0.2, 0.25) is 5.95 Å². The highest BCUT2D eigenvalue weighted by Gasteiger charge is 2.28. The molecule has 0 saturated heterocycles. The van der Waals surface area contributed by atoms with Crippen molar-refractivity contribution in [3.8, 4) is 11.5 Å². The molecule has 1 aromatic heterocycles. The lowest BCUT2D eigenvalue weighted by atomic mass is 10.0. The minimum atomic E-state index is -0.242. The fourth-order valence-corrected chi connectivity index (χ4v) is 3.17. The maximum Gasteiger partial charge on any atom is 0.258 e. The van der Waals surface area contributed by atoms with Gasteiger partial charge in [-0.3, -0.25) is 4.79 Å². The lowest BCUT2D eigenvalue weighted by Gasteiger charge is -2.31. The lowest BCUT2D eigenvalue weighted by molar-refractivity contribution is 0.0728. The minimum Gasteiger partial charge on any atom is -0.504 e. The van der Waals surface area contributed by atoms with Gasteiger partial charge in [-0.1, -0.05) is 6.07 Å². The van der Waals surface area contributed by atoms with E-state index < -0.39 is 0 Å². The number of aromatic hydroxyl groups is 1. The Hall–Kier alpha value is -3.03. The number of benzene rings is 1. The maximum atomic E-state index is 13.0. The first-order chi connectivity index (χ1) is 12.8. The number of para-hydroxylation sites is 1. The van der Waals surface area contributed by atoms with Gasteiger partial charge in [0.15, 0.2) is 11.5 Å². The number of phenols is 1. The van der Waals surface area contributed by atoms with Gasteiger partial charge >= 0.3 is 0 Å². The van der Waals surface area contributed by atoms with E-state index in [9.17, 15) is 9.90 Å². The summed E-state index contributed by atoms with van der Waals surface area (Å²) in [5, 5.41) is 10.3. The number of carbonyl (C=O) groups excluding carboxylic acids is 1. The van der Waals surface area contributed by atoms with Crippen LogP contribution in [0.2, 0.25) is 0 Å². The molecule has 27 heavy (non-hydrogen) atoms. The number of ether oxygens (including phenoxy) is 1. The third-order valence-electron chi connectivity index (χ3n) is 4.59. The Bertz CT molecular complexity index is 867. The number of methoxy groups -OCH3 is 1. The summed E-state index contributed by atoms with van der Waals surface area (Å²) in [5.41, 5.74) is 2.12. The lowest BCUT2D eigenvalue weighted by Crippen LogP contribution is -2.37. The summed E-state index contributed by atoms with van der Waals surface area (Å²) in [6.07, 6.45) is 0.660. The summed E-state index contributed by atoms with van der Waals surface area (Å²) in [6, 6.07) is 4.92. The Balaban J connectivity index is 1.95. The van der Waals surface area contributed by atoms with Crippen molar-refractivity contribution in [3.63, 3.8) is 0 Å². The van der Waals surface area contributed by atoms with E-state index in [1.54, 1.807) is 23.1 Å². The van der Waals surface area contributed by atoms with Crippen molar-refractivity contribution in [1.29, 1.82) is 0 Å². The molecular formula is C19H25N5O3. The highest BCUT2D eigenvalue weighted by atomic mass is 16.5. The zero-order valence-electron chi connectivity index (χ0n) is 16.4. The molecule has 0 bridgehead atoms. The van der Waals surface area contributed by atoms with Crippen LogP contribution in [0.4, 0.5) is 11.8 Å². The molecule has 3 rings (SSSR count). The molecule has 0 fully saturated rings.